The zero-order valence-electron chi connectivity index (χ0n) is 16.0. The quantitative estimate of drug-likeness (QED) is 0.838. The van der Waals surface area contributed by atoms with Crippen molar-refractivity contribution in [2.24, 2.45) is 10.9 Å². The third kappa shape index (κ3) is 2.96. The zero-order chi connectivity index (χ0) is 19.1. The van der Waals surface area contributed by atoms with Gasteiger partial charge in [-0.1, -0.05) is 6.07 Å². The molecule has 142 valence electrons. The first-order chi connectivity index (χ1) is 13.7. The molecule has 5 rings (SSSR count). The van der Waals surface area contributed by atoms with Crippen molar-refractivity contribution in [2.75, 3.05) is 13.1 Å². The molecular weight excluding hydrogens is 350 g/mol. The number of ether oxygens (including phenoxy) is 1. The maximum Gasteiger partial charge on any atom is 0.232 e. The van der Waals surface area contributed by atoms with Crippen molar-refractivity contribution in [3.63, 3.8) is 0 Å². The summed E-state index contributed by atoms with van der Waals surface area (Å²) in [7, 11) is 0. The Labute approximate surface area is 164 Å². The molecule has 1 fully saturated rings. The zero-order valence-corrected chi connectivity index (χ0v) is 16.0. The number of hydrogen-bond acceptors (Lipinski definition) is 5. The van der Waals surface area contributed by atoms with Gasteiger partial charge in [0.15, 0.2) is 5.76 Å². The molecule has 0 bridgehead atoms. The molecule has 1 aromatic carbocycles. The molecule has 3 aliphatic rings. The first kappa shape index (κ1) is 17.3. The molecule has 0 radical (unpaired) electrons. The van der Waals surface area contributed by atoms with E-state index >= 15 is 0 Å². The summed E-state index contributed by atoms with van der Waals surface area (Å²) in [5.74, 6) is 1.69. The van der Waals surface area contributed by atoms with Crippen LogP contribution in [-0.4, -0.2) is 29.6 Å². The number of nitrogens with one attached hydrogen (secondary N) is 1. The van der Waals surface area contributed by atoms with E-state index < -0.39 is 0 Å². The minimum atomic E-state index is -0.0541. The average molecular weight is 373 g/mol. The second-order valence-electron chi connectivity index (χ2n) is 7.77. The summed E-state index contributed by atoms with van der Waals surface area (Å²) in [6, 6.07) is 7.83. The summed E-state index contributed by atoms with van der Waals surface area (Å²) >= 11 is 0. The first-order valence-electron chi connectivity index (χ1n) is 9.97. The molecule has 5 heteroatoms. The van der Waals surface area contributed by atoms with E-state index in [1.807, 2.05) is 24.3 Å². The standard InChI is InChI=1S/C23H23N3O2/c1-14-4-5-17-22(27)21(12-19-16-3-2-8-25-20(16)13-26-19)28-23(17)18(14)11-15-6-9-24-10-7-15/h2-5,8,12,15,24H,6-7,9-11,13H2,1H3/b21-12-. The van der Waals surface area contributed by atoms with E-state index in [-0.39, 0.29) is 5.78 Å². The molecule has 0 saturated carbocycles. The lowest BCUT2D eigenvalue weighted by atomic mass is 9.88. The highest BCUT2D eigenvalue weighted by molar-refractivity contribution is 6.19. The van der Waals surface area contributed by atoms with Crippen LogP contribution in [0.3, 0.4) is 0 Å². The van der Waals surface area contributed by atoms with E-state index in [0.717, 1.165) is 42.2 Å². The number of hydrogen-bond donors (Lipinski definition) is 1. The largest absolute Gasteiger partial charge is 0.452 e. The first-order valence-corrected chi connectivity index (χ1v) is 9.97. The summed E-state index contributed by atoms with van der Waals surface area (Å²) in [5, 5.41) is 3.42. The van der Waals surface area contributed by atoms with Crippen LogP contribution in [0.5, 0.6) is 5.75 Å². The lowest BCUT2D eigenvalue weighted by Gasteiger charge is -2.24. The number of nitrogens with zero attached hydrogens (tertiary/aromatic N) is 2. The minimum absolute atomic E-state index is 0.0541. The van der Waals surface area contributed by atoms with Gasteiger partial charge in [0.1, 0.15) is 5.75 Å². The van der Waals surface area contributed by atoms with Crippen molar-refractivity contribution in [3.8, 4) is 5.75 Å². The smallest absolute Gasteiger partial charge is 0.232 e. The van der Waals surface area contributed by atoms with Gasteiger partial charge in [-0.15, -0.1) is 0 Å². The van der Waals surface area contributed by atoms with Gasteiger partial charge in [0.2, 0.25) is 5.78 Å². The van der Waals surface area contributed by atoms with E-state index in [1.165, 1.54) is 24.0 Å². The molecular formula is C23H23N3O2. The molecule has 0 spiro atoms. The van der Waals surface area contributed by atoms with Crippen LogP contribution in [0, 0.1) is 12.8 Å². The van der Waals surface area contributed by atoms with Crippen LogP contribution in [0.2, 0.25) is 0 Å². The van der Waals surface area contributed by atoms with Gasteiger partial charge in [0.25, 0.3) is 0 Å². The Bertz CT molecular complexity index is 1020. The molecule has 0 unspecified atom stereocenters. The van der Waals surface area contributed by atoms with Crippen molar-refractivity contribution in [1.82, 2.24) is 10.3 Å². The Morgan fingerprint density at radius 3 is 2.93 bits per heavy atom. The van der Waals surface area contributed by atoms with Crippen LogP contribution in [0.25, 0.3) is 0 Å². The van der Waals surface area contributed by atoms with E-state index in [9.17, 15) is 4.79 Å². The molecule has 28 heavy (non-hydrogen) atoms. The van der Waals surface area contributed by atoms with Crippen molar-refractivity contribution in [3.05, 3.63) is 70.2 Å². The van der Waals surface area contributed by atoms with Crippen molar-refractivity contribution >= 4 is 11.5 Å². The minimum Gasteiger partial charge on any atom is -0.452 e. The Morgan fingerprint density at radius 1 is 1.21 bits per heavy atom. The molecule has 0 amide bonds. The number of aliphatic imine (C=N–C) groups is 1. The maximum absolute atomic E-state index is 13.0. The van der Waals surface area contributed by atoms with E-state index in [1.54, 1.807) is 12.3 Å². The molecule has 1 aromatic heterocycles. The summed E-state index contributed by atoms with van der Waals surface area (Å²) in [5.41, 5.74) is 5.74. The Balaban J connectivity index is 1.46. The van der Waals surface area contributed by atoms with E-state index in [2.05, 4.69) is 22.2 Å². The number of allylic oxidation sites excluding steroid dienone is 2. The number of carbonyl (C=O) groups is 1. The van der Waals surface area contributed by atoms with Crippen molar-refractivity contribution in [2.45, 2.75) is 32.7 Å². The molecule has 5 nitrogen and oxygen atoms in total. The van der Waals surface area contributed by atoms with Gasteiger partial charge in [-0.2, -0.15) is 0 Å². The summed E-state index contributed by atoms with van der Waals surface area (Å²) in [6.07, 6.45) is 6.85. The number of fused-ring (bicyclic) bond motifs is 2. The van der Waals surface area contributed by atoms with Crippen molar-refractivity contribution in [1.29, 1.82) is 0 Å². The third-order valence-electron chi connectivity index (χ3n) is 5.96. The molecule has 0 aliphatic carbocycles. The van der Waals surface area contributed by atoms with Crippen LogP contribution >= 0.6 is 0 Å². The molecule has 3 aliphatic heterocycles. The fraction of sp³-hybridized carbons (Fsp3) is 0.348. The number of ketones is 1. The number of piperidine rings is 1. The van der Waals surface area contributed by atoms with Gasteiger partial charge < -0.3 is 10.1 Å². The van der Waals surface area contributed by atoms with Crippen LogP contribution in [0.4, 0.5) is 0 Å². The van der Waals surface area contributed by atoms with Crippen LogP contribution < -0.4 is 10.1 Å². The highest BCUT2D eigenvalue weighted by Crippen LogP contribution is 2.38. The predicted molar refractivity (Wildman–Crippen MR) is 108 cm³/mol. The molecule has 1 N–H and O–H groups in total. The highest BCUT2D eigenvalue weighted by atomic mass is 16.5. The van der Waals surface area contributed by atoms with Crippen LogP contribution in [-0.2, 0) is 13.0 Å². The van der Waals surface area contributed by atoms with Gasteiger partial charge in [-0.25, -0.2) is 0 Å². The van der Waals surface area contributed by atoms with Gasteiger partial charge in [-0.3, -0.25) is 14.8 Å². The Kier molecular flexibility index (Phi) is 4.32. The lowest BCUT2D eigenvalue weighted by molar-refractivity contribution is 0.101. The monoisotopic (exact) mass is 373 g/mol. The number of rotatable bonds is 3. The number of benzene rings is 1. The number of aryl methyl sites for hydroxylation is 1. The second-order valence-corrected chi connectivity index (χ2v) is 7.77. The molecule has 4 heterocycles. The normalized spacial score (nSPS) is 20.1. The average Bonchev–Trinajstić information content (AvgIpc) is 3.27. The molecule has 0 atom stereocenters. The second kappa shape index (κ2) is 6.99. The van der Waals surface area contributed by atoms with E-state index in [0.29, 0.717) is 23.8 Å². The molecule has 1 saturated heterocycles. The topological polar surface area (TPSA) is 63.6 Å². The lowest BCUT2D eigenvalue weighted by Crippen LogP contribution is -2.28. The van der Waals surface area contributed by atoms with Gasteiger partial charge >= 0.3 is 0 Å². The third-order valence-corrected chi connectivity index (χ3v) is 5.96. The number of carbonyl (C=O) groups excluding carboxylic acids is 1. The maximum atomic E-state index is 13.0. The van der Waals surface area contributed by atoms with Gasteiger partial charge in [0.05, 0.1) is 23.5 Å². The van der Waals surface area contributed by atoms with Crippen molar-refractivity contribution < 1.29 is 9.53 Å². The van der Waals surface area contributed by atoms with E-state index in [4.69, 9.17) is 4.74 Å². The number of pyridine rings is 1. The number of Topliss-reactive ketones (excluding diaryl/α,β-unsaturated/α-hetero) is 1. The van der Waals surface area contributed by atoms with Crippen LogP contribution in [0.1, 0.15) is 45.6 Å². The van der Waals surface area contributed by atoms with Gasteiger partial charge in [-0.05, 0) is 74.5 Å². The fourth-order valence-corrected chi connectivity index (χ4v) is 4.32. The SMILES string of the molecule is Cc1ccc2c(c1CC1CCNCC1)O/C(=C\C1=NCc3ncccc31)C2=O. The Hall–Kier alpha value is -2.79. The summed E-state index contributed by atoms with van der Waals surface area (Å²) < 4.78 is 6.14. The predicted octanol–water partition coefficient (Wildman–Crippen LogP) is 3.39. The fourth-order valence-electron chi connectivity index (χ4n) is 4.32. The van der Waals surface area contributed by atoms with Crippen LogP contribution in [0.15, 0.2) is 47.3 Å². The molecule has 2 aromatic rings. The summed E-state index contributed by atoms with van der Waals surface area (Å²) in [6.45, 7) is 4.79. The number of aromatic nitrogens is 1. The summed E-state index contributed by atoms with van der Waals surface area (Å²) in [4.78, 5) is 21.9. The Morgan fingerprint density at radius 2 is 2.07 bits per heavy atom. The highest BCUT2D eigenvalue weighted by Gasteiger charge is 2.32. The van der Waals surface area contributed by atoms with Gasteiger partial charge in [0, 0.05) is 17.8 Å².